The van der Waals surface area contributed by atoms with E-state index in [1.807, 2.05) is 97.1 Å². The monoisotopic (exact) mass is 391 g/mol. The molecule has 5 aromatic rings. The van der Waals surface area contributed by atoms with Crippen LogP contribution in [0.2, 0.25) is 0 Å². The van der Waals surface area contributed by atoms with Crippen LogP contribution < -0.4 is 5.32 Å². The van der Waals surface area contributed by atoms with Gasteiger partial charge in [-0.05, 0) is 29.0 Å². The van der Waals surface area contributed by atoms with Crippen LogP contribution in [0.4, 0.5) is 5.69 Å². The van der Waals surface area contributed by atoms with Gasteiger partial charge in [0.1, 0.15) is 0 Å². The van der Waals surface area contributed by atoms with E-state index in [0.717, 1.165) is 16.3 Å². The number of nitrogens with one attached hydrogen (secondary N) is 1. The average Bonchev–Trinajstić information content (AvgIpc) is 3.30. The number of carbonyl (C=O) groups is 1. The molecule has 5 nitrogen and oxygen atoms in total. The van der Waals surface area contributed by atoms with Crippen molar-refractivity contribution in [3.63, 3.8) is 0 Å². The second-order valence-corrected chi connectivity index (χ2v) is 6.82. The summed E-state index contributed by atoms with van der Waals surface area (Å²) in [5.41, 5.74) is 2.75. The zero-order valence-electron chi connectivity index (χ0n) is 15.9. The van der Waals surface area contributed by atoms with Crippen molar-refractivity contribution in [2.24, 2.45) is 0 Å². The van der Waals surface area contributed by atoms with Gasteiger partial charge in [-0.1, -0.05) is 84.0 Å². The molecule has 1 heterocycles. The summed E-state index contributed by atoms with van der Waals surface area (Å²) in [5.74, 6) is 0.658. The average molecular weight is 391 g/mol. The first-order valence-corrected chi connectivity index (χ1v) is 9.57. The molecule has 5 rings (SSSR count). The van der Waals surface area contributed by atoms with E-state index in [4.69, 9.17) is 4.52 Å². The molecule has 0 aliphatic carbocycles. The first-order chi connectivity index (χ1) is 14.8. The largest absolute Gasteiger partial charge is 0.334 e. The lowest BCUT2D eigenvalue weighted by Crippen LogP contribution is -2.13. The lowest BCUT2D eigenvalue weighted by molar-refractivity contribution is 0.102. The fourth-order valence-corrected chi connectivity index (χ4v) is 3.43. The molecule has 0 radical (unpaired) electrons. The standard InChI is InChI=1S/C25H17N3O2/c29-24(20-15-8-12-17-9-4-5-13-19(17)20)26-22-16-7-6-14-21(22)25-27-23(28-30-25)18-10-2-1-3-11-18/h1-16H,(H,26,29). The highest BCUT2D eigenvalue weighted by atomic mass is 16.5. The molecule has 1 N–H and O–H groups in total. The van der Waals surface area contributed by atoms with Crippen LogP contribution in [-0.2, 0) is 0 Å². The summed E-state index contributed by atoms with van der Waals surface area (Å²) in [6, 6.07) is 30.5. The number of amides is 1. The SMILES string of the molecule is O=C(Nc1ccccc1-c1nc(-c2ccccc2)no1)c1cccc2ccccc12. The fraction of sp³-hybridized carbons (Fsp3) is 0. The summed E-state index contributed by atoms with van der Waals surface area (Å²) in [6.45, 7) is 0. The van der Waals surface area contributed by atoms with E-state index >= 15 is 0 Å². The summed E-state index contributed by atoms with van der Waals surface area (Å²) in [7, 11) is 0. The molecule has 0 saturated heterocycles. The van der Waals surface area contributed by atoms with E-state index in [0.29, 0.717) is 28.5 Å². The maximum Gasteiger partial charge on any atom is 0.260 e. The van der Waals surface area contributed by atoms with Gasteiger partial charge in [0.05, 0.1) is 11.3 Å². The smallest absolute Gasteiger partial charge is 0.260 e. The van der Waals surface area contributed by atoms with Crippen LogP contribution in [0, 0.1) is 0 Å². The van der Waals surface area contributed by atoms with Crippen molar-refractivity contribution in [2.75, 3.05) is 5.32 Å². The fourth-order valence-electron chi connectivity index (χ4n) is 3.43. The summed E-state index contributed by atoms with van der Waals surface area (Å²) < 4.78 is 5.49. The minimum atomic E-state index is -0.193. The Morgan fingerprint density at radius 3 is 2.40 bits per heavy atom. The summed E-state index contributed by atoms with van der Waals surface area (Å²) in [5, 5.41) is 9.00. The maximum atomic E-state index is 13.1. The van der Waals surface area contributed by atoms with E-state index in [1.54, 1.807) is 0 Å². The van der Waals surface area contributed by atoms with Gasteiger partial charge in [-0.25, -0.2) is 0 Å². The van der Waals surface area contributed by atoms with Crippen molar-refractivity contribution in [3.05, 3.63) is 103 Å². The van der Waals surface area contributed by atoms with Crippen LogP contribution in [0.3, 0.4) is 0 Å². The Hall–Kier alpha value is -4.25. The van der Waals surface area contributed by atoms with Crippen molar-refractivity contribution in [3.8, 4) is 22.8 Å². The Morgan fingerprint density at radius 1 is 0.767 bits per heavy atom. The van der Waals surface area contributed by atoms with Crippen molar-refractivity contribution in [1.29, 1.82) is 0 Å². The molecule has 4 aromatic carbocycles. The molecule has 30 heavy (non-hydrogen) atoms. The molecule has 0 unspecified atom stereocenters. The summed E-state index contributed by atoms with van der Waals surface area (Å²) in [4.78, 5) is 17.6. The molecule has 0 atom stereocenters. The van der Waals surface area contributed by atoms with Gasteiger partial charge in [-0.15, -0.1) is 0 Å². The zero-order chi connectivity index (χ0) is 20.3. The third-order valence-corrected chi connectivity index (χ3v) is 4.90. The Labute approximate surface area is 173 Å². The molecule has 0 fully saturated rings. The molecule has 5 heteroatoms. The Balaban J connectivity index is 1.49. The lowest BCUT2D eigenvalue weighted by Gasteiger charge is -2.10. The molecular formula is C25H17N3O2. The zero-order valence-corrected chi connectivity index (χ0v) is 15.9. The molecule has 1 aromatic heterocycles. The number of aromatic nitrogens is 2. The van der Waals surface area contributed by atoms with Crippen molar-refractivity contribution in [2.45, 2.75) is 0 Å². The Bertz CT molecular complexity index is 1340. The molecule has 0 bridgehead atoms. The minimum absolute atomic E-state index is 0.193. The van der Waals surface area contributed by atoms with Gasteiger partial charge >= 0.3 is 0 Å². The molecule has 0 spiro atoms. The first kappa shape index (κ1) is 17.8. The van der Waals surface area contributed by atoms with E-state index in [-0.39, 0.29) is 5.91 Å². The molecule has 1 amide bonds. The van der Waals surface area contributed by atoms with Crippen LogP contribution in [0.5, 0.6) is 0 Å². The van der Waals surface area contributed by atoms with E-state index in [2.05, 4.69) is 15.5 Å². The predicted molar refractivity (Wildman–Crippen MR) is 117 cm³/mol. The Morgan fingerprint density at radius 2 is 1.50 bits per heavy atom. The minimum Gasteiger partial charge on any atom is -0.334 e. The first-order valence-electron chi connectivity index (χ1n) is 9.57. The van der Waals surface area contributed by atoms with Crippen molar-refractivity contribution >= 4 is 22.4 Å². The second kappa shape index (κ2) is 7.64. The Kier molecular flexibility index (Phi) is 4.54. The number of para-hydroxylation sites is 1. The molecule has 144 valence electrons. The molecule has 0 saturated carbocycles. The van der Waals surface area contributed by atoms with Crippen molar-refractivity contribution in [1.82, 2.24) is 10.1 Å². The molecule has 0 aliphatic heterocycles. The van der Waals surface area contributed by atoms with Crippen LogP contribution in [-0.4, -0.2) is 16.0 Å². The van der Waals surface area contributed by atoms with E-state index in [9.17, 15) is 4.79 Å². The number of hydrogen-bond donors (Lipinski definition) is 1. The molecule has 0 aliphatic rings. The van der Waals surface area contributed by atoms with Gasteiger partial charge in [-0.3, -0.25) is 4.79 Å². The van der Waals surface area contributed by atoms with Gasteiger partial charge in [-0.2, -0.15) is 4.98 Å². The highest BCUT2D eigenvalue weighted by Crippen LogP contribution is 2.29. The van der Waals surface area contributed by atoms with Crippen LogP contribution >= 0.6 is 0 Å². The van der Waals surface area contributed by atoms with Crippen LogP contribution in [0.25, 0.3) is 33.6 Å². The molecular weight excluding hydrogens is 374 g/mol. The highest BCUT2D eigenvalue weighted by Gasteiger charge is 2.17. The van der Waals surface area contributed by atoms with Gasteiger partial charge in [0.15, 0.2) is 0 Å². The quantitative estimate of drug-likeness (QED) is 0.420. The maximum absolute atomic E-state index is 13.1. The number of anilines is 1. The van der Waals surface area contributed by atoms with Gasteiger partial charge in [0, 0.05) is 11.1 Å². The third kappa shape index (κ3) is 3.33. The number of rotatable bonds is 4. The van der Waals surface area contributed by atoms with Gasteiger partial charge in [0.25, 0.3) is 11.8 Å². The number of nitrogens with zero attached hydrogens (tertiary/aromatic N) is 2. The normalized spacial score (nSPS) is 10.8. The topological polar surface area (TPSA) is 68.0 Å². The van der Waals surface area contributed by atoms with E-state index < -0.39 is 0 Å². The summed E-state index contributed by atoms with van der Waals surface area (Å²) in [6.07, 6.45) is 0. The van der Waals surface area contributed by atoms with Crippen LogP contribution in [0.1, 0.15) is 10.4 Å². The van der Waals surface area contributed by atoms with Gasteiger partial charge < -0.3 is 9.84 Å². The van der Waals surface area contributed by atoms with Gasteiger partial charge in [0.2, 0.25) is 5.82 Å². The third-order valence-electron chi connectivity index (χ3n) is 4.90. The number of carbonyl (C=O) groups excluding carboxylic acids is 1. The number of benzene rings is 4. The predicted octanol–water partition coefficient (Wildman–Crippen LogP) is 5.81. The summed E-state index contributed by atoms with van der Waals surface area (Å²) >= 11 is 0. The lowest BCUT2D eigenvalue weighted by atomic mass is 10.0. The van der Waals surface area contributed by atoms with Crippen LogP contribution in [0.15, 0.2) is 102 Å². The highest BCUT2D eigenvalue weighted by molar-refractivity contribution is 6.13. The second-order valence-electron chi connectivity index (χ2n) is 6.82. The van der Waals surface area contributed by atoms with E-state index in [1.165, 1.54) is 0 Å². The van der Waals surface area contributed by atoms with Crippen molar-refractivity contribution < 1.29 is 9.32 Å². The number of hydrogen-bond acceptors (Lipinski definition) is 4. The number of fused-ring (bicyclic) bond motifs is 1.